The van der Waals surface area contributed by atoms with Crippen LogP contribution in [0.4, 0.5) is 4.39 Å². The van der Waals surface area contributed by atoms with E-state index in [-0.39, 0.29) is 31.2 Å². The van der Waals surface area contributed by atoms with Crippen LogP contribution in [0.1, 0.15) is 36.8 Å². The summed E-state index contributed by atoms with van der Waals surface area (Å²) in [6, 6.07) is 12.0. The molecule has 0 aliphatic heterocycles. The topological polar surface area (TPSA) is 120 Å². The maximum Gasteiger partial charge on any atom is 0.246 e. The Kier molecular flexibility index (Phi) is 7.29. The van der Waals surface area contributed by atoms with Crippen LogP contribution in [-0.4, -0.2) is 30.4 Å². The van der Waals surface area contributed by atoms with E-state index in [4.69, 9.17) is 15.2 Å². The van der Waals surface area contributed by atoms with Gasteiger partial charge in [0.25, 0.3) is 0 Å². The highest BCUT2D eigenvalue weighted by atomic mass is 19.1. The number of ether oxygens (including phenoxy) is 2. The molecule has 0 aromatic heterocycles. The summed E-state index contributed by atoms with van der Waals surface area (Å²) in [4.78, 5) is 35.2. The minimum atomic E-state index is -0.908. The van der Waals surface area contributed by atoms with Crippen molar-refractivity contribution in [3.8, 4) is 17.2 Å². The van der Waals surface area contributed by atoms with Gasteiger partial charge in [-0.05, 0) is 48.7 Å². The highest BCUT2D eigenvalue weighted by Crippen LogP contribution is 2.36. The molecular weight excluding hydrogens is 417 g/mol. The lowest BCUT2D eigenvalue weighted by Crippen LogP contribution is -2.48. The molecule has 0 heterocycles. The number of hydrogen-bond acceptors (Lipinski definition) is 5. The molecular formula is C23H26FN3O5. The number of amides is 3. The lowest BCUT2D eigenvalue weighted by Gasteiger charge is -2.17. The van der Waals surface area contributed by atoms with Gasteiger partial charge in [0.1, 0.15) is 29.5 Å². The largest absolute Gasteiger partial charge is 0.497 e. The van der Waals surface area contributed by atoms with Crippen LogP contribution in [0.3, 0.4) is 0 Å². The summed E-state index contributed by atoms with van der Waals surface area (Å²) >= 11 is 0. The molecule has 1 aliphatic carbocycles. The van der Waals surface area contributed by atoms with Gasteiger partial charge in [-0.1, -0.05) is 12.1 Å². The molecule has 0 unspecified atom stereocenters. The van der Waals surface area contributed by atoms with Crippen molar-refractivity contribution in [3.05, 3.63) is 53.6 Å². The number of alkyl halides is 1. The third-order valence-electron chi connectivity index (χ3n) is 5.18. The van der Waals surface area contributed by atoms with Gasteiger partial charge >= 0.3 is 0 Å². The molecule has 2 aromatic rings. The van der Waals surface area contributed by atoms with Crippen LogP contribution in [0.2, 0.25) is 0 Å². The Bertz CT molecular complexity index is 990. The van der Waals surface area contributed by atoms with Crippen molar-refractivity contribution < 1.29 is 28.2 Å². The fraction of sp³-hybridized carbons (Fsp3) is 0.348. The van der Waals surface area contributed by atoms with Crippen molar-refractivity contribution >= 4 is 17.7 Å². The summed E-state index contributed by atoms with van der Waals surface area (Å²) in [6.07, 6.45) is 1.00. The van der Waals surface area contributed by atoms with E-state index in [0.29, 0.717) is 35.7 Å². The number of carbonyl (C=O) groups is 3. The third kappa shape index (κ3) is 5.96. The van der Waals surface area contributed by atoms with Crippen LogP contribution >= 0.6 is 0 Å². The zero-order valence-electron chi connectivity index (χ0n) is 17.8. The molecule has 4 N–H and O–H groups in total. The third-order valence-corrected chi connectivity index (χ3v) is 5.18. The van der Waals surface area contributed by atoms with Gasteiger partial charge in [-0.3, -0.25) is 14.4 Å². The van der Waals surface area contributed by atoms with Crippen molar-refractivity contribution in [1.29, 1.82) is 0 Å². The second-order valence-electron chi connectivity index (χ2n) is 7.63. The van der Waals surface area contributed by atoms with E-state index in [1.165, 1.54) is 7.11 Å². The van der Waals surface area contributed by atoms with Crippen LogP contribution in [0, 0.1) is 0 Å². The van der Waals surface area contributed by atoms with E-state index in [1.54, 1.807) is 42.5 Å². The zero-order chi connectivity index (χ0) is 23.1. The Hall–Kier alpha value is -3.62. The van der Waals surface area contributed by atoms with Gasteiger partial charge in [-0.2, -0.15) is 0 Å². The SMILES string of the molecule is COc1ccc(Oc2ccc(CNC(=O)C3(NC(=O)CCC(N)=O)CC3)cc2)c(CF)c1. The zero-order valence-corrected chi connectivity index (χ0v) is 17.8. The summed E-state index contributed by atoms with van der Waals surface area (Å²) in [5, 5.41) is 5.52. The Morgan fingerprint density at radius 1 is 1.06 bits per heavy atom. The molecule has 0 saturated heterocycles. The van der Waals surface area contributed by atoms with Gasteiger partial charge < -0.3 is 25.8 Å². The van der Waals surface area contributed by atoms with Crippen molar-refractivity contribution in [2.45, 2.75) is 44.4 Å². The molecule has 170 valence electrons. The molecule has 3 rings (SSSR count). The molecule has 2 aromatic carbocycles. The van der Waals surface area contributed by atoms with Crippen molar-refractivity contribution in [2.24, 2.45) is 5.73 Å². The average molecular weight is 443 g/mol. The highest BCUT2D eigenvalue weighted by molar-refractivity contribution is 5.94. The van der Waals surface area contributed by atoms with Crippen LogP contribution < -0.4 is 25.8 Å². The molecule has 1 fully saturated rings. The van der Waals surface area contributed by atoms with Gasteiger partial charge in [0.15, 0.2) is 0 Å². The molecule has 1 aliphatic rings. The van der Waals surface area contributed by atoms with Crippen LogP contribution in [-0.2, 0) is 27.6 Å². The van der Waals surface area contributed by atoms with Gasteiger partial charge in [0.05, 0.1) is 7.11 Å². The van der Waals surface area contributed by atoms with Crippen LogP contribution in [0.25, 0.3) is 0 Å². The number of primary amides is 1. The van der Waals surface area contributed by atoms with Crippen LogP contribution in [0.15, 0.2) is 42.5 Å². The number of rotatable bonds is 11. The van der Waals surface area contributed by atoms with Crippen molar-refractivity contribution in [3.63, 3.8) is 0 Å². The molecule has 32 heavy (non-hydrogen) atoms. The summed E-state index contributed by atoms with van der Waals surface area (Å²) in [5.41, 5.74) is 5.35. The molecule has 0 spiro atoms. The van der Waals surface area contributed by atoms with E-state index < -0.39 is 18.1 Å². The number of hydrogen-bond donors (Lipinski definition) is 3. The molecule has 3 amide bonds. The van der Waals surface area contributed by atoms with E-state index in [0.717, 1.165) is 5.56 Å². The second-order valence-corrected chi connectivity index (χ2v) is 7.63. The monoisotopic (exact) mass is 443 g/mol. The summed E-state index contributed by atoms with van der Waals surface area (Å²) < 4.78 is 24.1. The molecule has 1 saturated carbocycles. The number of benzene rings is 2. The molecule has 0 bridgehead atoms. The normalized spacial score (nSPS) is 13.7. The minimum Gasteiger partial charge on any atom is -0.497 e. The lowest BCUT2D eigenvalue weighted by atomic mass is 10.1. The molecule has 8 nitrogen and oxygen atoms in total. The Labute approximate surface area is 185 Å². The number of halogens is 1. The Morgan fingerprint density at radius 3 is 2.34 bits per heavy atom. The minimum absolute atomic E-state index is 0.0376. The predicted molar refractivity (Wildman–Crippen MR) is 115 cm³/mol. The van der Waals surface area contributed by atoms with E-state index in [9.17, 15) is 18.8 Å². The molecule has 0 atom stereocenters. The van der Waals surface area contributed by atoms with Crippen molar-refractivity contribution in [2.75, 3.05) is 7.11 Å². The van der Waals surface area contributed by atoms with E-state index in [2.05, 4.69) is 10.6 Å². The fourth-order valence-electron chi connectivity index (χ4n) is 3.14. The lowest BCUT2D eigenvalue weighted by molar-refractivity contribution is -0.130. The second kappa shape index (κ2) is 10.1. The van der Waals surface area contributed by atoms with Gasteiger partial charge in [0.2, 0.25) is 17.7 Å². The first-order valence-electron chi connectivity index (χ1n) is 10.2. The first-order valence-corrected chi connectivity index (χ1v) is 10.2. The maximum atomic E-state index is 13.3. The maximum absolute atomic E-state index is 13.3. The number of carbonyl (C=O) groups excluding carboxylic acids is 3. The average Bonchev–Trinajstić information content (AvgIpc) is 3.57. The summed E-state index contributed by atoms with van der Waals surface area (Å²) in [5.74, 6) is 0.279. The first-order chi connectivity index (χ1) is 15.3. The smallest absolute Gasteiger partial charge is 0.246 e. The van der Waals surface area contributed by atoms with Crippen molar-refractivity contribution in [1.82, 2.24) is 10.6 Å². The number of nitrogens with two attached hydrogens (primary N) is 1. The van der Waals surface area contributed by atoms with Gasteiger partial charge in [-0.15, -0.1) is 0 Å². The number of methoxy groups -OCH3 is 1. The van der Waals surface area contributed by atoms with E-state index >= 15 is 0 Å². The van der Waals surface area contributed by atoms with Crippen LogP contribution in [0.5, 0.6) is 17.2 Å². The summed E-state index contributed by atoms with van der Waals surface area (Å²) in [6.45, 7) is -0.409. The highest BCUT2D eigenvalue weighted by Gasteiger charge is 2.50. The number of nitrogens with one attached hydrogen (secondary N) is 2. The van der Waals surface area contributed by atoms with Gasteiger partial charge in [0, 0.05) is 24.9 Å². The predicted octanol–water partition coefficient (Wildman–Crippen LogP) is 2.49. The standard InChI is InChI=1S/C23H26FN3O5/c1-31-18-6-7-19(16(12-18)13-24)32-17-4-2-15(3-5-17)14-26-22(30)23(10-11-23)27-21(29)9-8-20(25)28/h2-7,12H,8-11,13-14H2,1H3,(H2,25,28)(H,26,30)(H,27,29). The molecule has 9 heteroatoms. The Morgan fingerprint density at radius 2 is 1.75 bits per heavy atom. The van der Waals surface area contributed by atoms with Gasteiger partial charge in [-0.25, -0.2) is 4.39 Å². The fourth-order valence-corrected chi connectivity index (χ4v) is 3.14. The van der Waals surface area contributed by atoms with E-state index in [1.807, 2.05) is 0 Å². The quantitative estimate of drug-likeness (QED) is 0.493. The molecule has 0 radical (unpaired) electrons. The Balaban J connectivity index is 1.52. The summed E-state index contributed by atoms with van der Waals surface area (Å²) in [7, 11) is 1.51. The first kappa shape index (κ1) is 23.1.